The number of piperidine rings is 2. The molecule has 1 aromatic heterocycles. The van der Waals surface area contributed by atoms with Gasteiger partial charge in [-0.25, -0.2) is 4.39 Å². The number of carbonyl (C=O) groups is 1. The molecular weight excluding hydrogens is 331 g/mol. The van der Waals surface area contributed by atoms with Crippen LogP contribution in [-0.4, -0.2) is 52.5 Å². The molecule has 26 heavy (non-hydrogen) atoms. The number of amides is 1. The van der Waals surface area contributed by atoms with E-state index < -0.39 is 0 Å². The lowest BCUT2D eigenvalue weighted by atomic mass is 9.83. The van der Waals surface area contributed by atoms with E-state index in [0.717, 1.165) is 43.4 Å². The van der Waals surface area contributed by atoms with E-state index in [9.17, 15) is 9.18 Å². The summed E-state index contributed by atoms with van der Waals surface area (Å²) in [6.45, 7) is 4.06. The fourth-order valence-electron chi connectivity index (χ4n) is 4.76. The van der Waals surface area contributed by atoms with Gasteiger partial charge in [0.25, 0.3) is 0 Å². The molecule has 3 heterocycles. The molecule has 2 N–H and O–H groups in total. The Morgan fingerprint density at radius 3 is 2.92 bits per heavy atom. The van der Waals surface area contributed by atoms with Crippen LogP contribution in [0.15, 0.2) is 24.3 Å². The van der Waals surface area contributed by atoms with Crippen LogP contribution in [0.1, 0.15) is 25.0 Å². The highest BCUT2D eigenvalue weighted by atomic mass is 19.1. The van der Waals surface area contributed by atoms with Crippen LogP contribution in [0, 0.1) is 11.7 Å². The Balaban J connectivity index is 1.48. The van der Waals surface area contributed by atoms with Crippen LogP contribution in [-0.2, 0) is 18.4 Å². The summed E-state index contributed by atoms with van der Waals surface area (Å²) in [5, 5.41) is 0.953. The number of hydrogen-bond acceptors (Lipinski definition) is 3. The van der Waals surface area contributed by atoms with Crippen LogP contribution in [0.5, 0.6) is 0 Å². The first-order valence-electron chi connectivity index (χ1n) is 9.52. The van der Waals surface area contributed by atoms with Gasteiger partial charge in [0.05, 0.1) is 0 Å². The van der Waals surface area contributed by atoms with Gasteiger partial charge in [0.15, 0.2) is 0 Å². The Morgan fingerprint density at radius 1 is 1.27 bits per heavy atom. The molecule has 0 spiro atoms. The minimum absolute atomic E-state index is 0.192. The zero-order valence-electron chi connectivity index (χ0n) is 15.3. The number of fused-ring (bicyclic) bond motifs is 2. The van der Waals surface area contributed by atoms with Crippen molar-refractivity contribution in [1.29, 1.82) is 0 Å². The number of rotatable bonds is 4. The van der Waals surface area contributed by atoms with Crippen molar-refractivity contribution < 1.29 is 9.18 Å². The van der Waals surface area contributed by atoms with Crippen molar-refractivity contribution in [3.63, 3.8) is 0 Å². The second kappa shape index (κ2) is 7.00. The first-order valence-corrected chi connectivity index (χ1v) is 9.52. The summed E-state index contributed by atoms with van der Waals surface area (Å²) in [5.41, 5.74) is 7.97. The SMILES string of the molecule is Cn1c(CN2CC[C@@H]3[C@@H](CCC(=O)N3CCN)C2)cc2cc(F)ccc21. The Hall–Kier alpha value is -1.92. The van der Waals surface area contributed by atoms with E-state index >= 15 is 0 Å². The van der Waals surface area contributed by atoms with Crippen molar-refractivity contribution in [3.05, 3.63) is 35.8 Å². The van der Waals surface area contributed by atoms with Crippen LogP contribution in [0.4, 0.5) is 4.39 Å². The van der Waals surface area contributed by atoms with Gasteiger partial charge >= 0.3 is 0 Å². The van der Waals surface area contributed by atoms with Crippen LogP contribution >= 0.6 is 0 Å². The van der Waals surface area contributed by atoms with Crippen molar-refractivity contribution in [2.75, 3.05) is 26.2 Å². The fourth-order valence-corrected chi connectivity index (χ4v) is 4.76. The smallest absolute Gasteiger partial charge is 0.222 e. The van der Waals surface area contributed by atoms with Crippen LogP contribution in [0.3, 0.4) is 0 Å². The predicted octanol–water partition coefficient (Wildman–Crippen LogP) is 2.09. The minimum Gasteiger partial charge on any atom is -0.346 e. The summed E-state index contributed by atoms with van der Waals surface area (Å²) in [6, 6.07) is 7.40. The van der Waals surface area contributed by atoms with Crippen molar-refractivity contribution in [2.24, 2.45) is 18.7 Å². The number of aryl methyl sites for hydroxylation is 1. The molecule has 2 saturated heterocycles. The lowest BCUT2D eigenvalue weighted by Crippen LogP contribution is -2.56. The van der Waals surface area contributed by atoms with Gasteiger partial charge in [-0.3, -0.25) is 9.69 Å². The van der Waals surface area contributed by atoms with E-state index in [0.29, 0.717) is 31.5 Å². The van der Waals surface area contributed by atoms with Gasteiger partial charge in [-0.15, -0.1) is 0 Å². The molecule has 6 heteroatoms. The van der Waals surface area contributed by atoms with E-state index in [1.807, 2.05) is 18.0 Å². The van der Waals surface area contributed by atoms with Gasteiger partial charge in [-0.1, -0.05) is 0 Å². The highest BCUT2D eigenvalue weighted by molar-refractivity contribution is 5.81. The zero-order chi connectivity index (χ0) is 18.3. The third-order valence-corrected chi connectivity index (χ3v) is 6.09. The highest BCUT2D eigenvalue weighted by Gasteiger charge is 2.38. The molecular formula is C20H27FN4O. The Labute approximate surface area is 153 Å². The summed E-state index contributed by atoms with van der Waals surface area (Å²) >= 11 is 0. The molecule has 1 amide bonds. The Morgan fingerprint density at radius 2 is 2.12 bits per heavy atom. The molecule has 2 aromatic rings. The monoisotopic (exact) mass is 358 g/mol. The second-order valence-electron chi connectivity index (χ2n) is 7.66. The summed E-state index contributed by atoms with van der Waals surface area (Å²) in [5.74, 6) is 0.600. The fraction of sp³-hybridized carbons (Fsp3) is 0.550. The lowest BCUT2D eigenvalue weighted by Gasteiger charge is -2.47. The normalized spacial score (nSPS) is 24.3. The molecule has 0 saturated carbocycles. The molecule has 5 nitrogen and oxygen atoms in total. The molecule has 2 aliphatic heterocycles. The first kappa shape index (κ1) is 17.5. The maximum absolute atomic E-state index is 13.5. The molecule has 0 unspecified atom stereocenters. The lowest BCUT2D eigenvalue weighted by molar-refractivity contribution is -0.141. The van der Waals surface area contributed by atoms with Gasteiger partial charge in [-0.05, 0) is 43.0 Å². The number of halogens is 1. The van der Waals surface area contributed by atoms with Crippen molar-refractivity contribution >= 4 is 16.8 Å². The molecule has 4 rings (SSSR count). The van der Waals surface area contributed by atoms with Gasteiger partial charge < -0.3 is 15.2 Å². The quantitative estimate of drug-likeness (QED) is 0.911. The van der Waals surface area contributed by atoms with Gasteiger partial charge in [0, 0.05) is 68.8 Å². The summed E-state index contributed by atoms with van der Waals surface area (Å²) in [4.78, 5) is 16.7. The number of hydrogen-bond donors (Lipinski definition) is 1. The van der Waals surface area contributed by atoms with E-state index in [4.69, 9.17) is 5.73 Å². The topological polar surface area (TPSA) is 54.5 Å². The minimum atomic E-state index is -0.192. The average Bonchev–Trinajstić information content (AvgIpc) is 2.92. The maximum Gasteiger partial charge on any atom is 0.222 e. The van der Waals surface area contributed by atoms with Crippen molar-refractivity contribution in [2.45, 2.75) is 31.8 Å². The van der Waals surface area contributed by atoms with E-state index in [2.05, 4.69) is 15.5 Å². The highest BCUT2D eigenvalue weighted by Crippen LogP contribution is 2.32. The molecule has 1 aromatic carbocycles. The number of aromatic nitrogens is 1. The van der Waals surface area contributed by atoms with Gasteiger partial charge in [-0.2, -0.15) is 0 Å². The summed E-state index contributed by atoms with van der Waals surface area (Å²) < 4.78 is 15.7. The number of benzene rings is 1. The summed E-state index contributed by atoms with van der Waals surface area (Å²) in [6.07, 6.45) is 2.62. The maximum atomic E-state index is 13.5. The number of nitrogens with zero attached hydrogens (tertiary/aromatic N) is 3. The number of nitrogens with two attached hydrogens (primary N) is 1. The van der Waals surface area contributed by atoms with E-state index in [1.54, 1.807) is 6.07 Å². The third kappa shape index (κ3) is 3.12. The third-order valence-electron chi connectivity index (χ3n) is 6.09. The van der Waals surface area contributed by atoms with Crippen molar-refractivity contribution in [1.82, 2.24) is 14.4 Å². The van der Waals surface area contributed by atoms with Crippen LogP contribution < -0.4 is 5.73 Å². The van der Waals surface area contributed by atoms with Crippen LogP contribution in [0.2, 0.25) is 0 Å². The molecule has 0 bridgehead atoms. The van der Waals surface area contributed by atoms with Gasteiger partial charge in [0.1, 0.15) is 5.82 Å². The van der Waals surface area contributed by atoms with E-state index in [-0.39, 0.29) is 11.7 Å². The standard InChI is InChI=1S/C20H27FN4O/c1-23-17(11-15-10-16(21)3-4-18(15)23)13-24-8-6-19-14(12-24)2-5-20(26)25(19)9-7-22/h3-4,10-11,14,19H,2,5-9,12-13,22H2,1H3/t14-,19+/m0/s1. The number of likely N-dealkylation sites (tertiary alicyclic amines) is 2. The molecule has 2 fully saturated rings. The second-order valence-corrected chi connectivity index (χ2v) is 7.66. The molecule has 0 radical (unpaired) electrons. The molecule has 140 valence electrons. The van der Waals surface area contributed by atoms with Crippen LogP contribution in [0.25, 0.3) is 10.9 Å². The summed E-state index contributed by atoms with van der Waals surface area (Å²) in [7, 11) is 2.05. The first-order chi connectivity index (χ1) is 12.6. The molecule has 2 atom stereocenters. The zero-order valence-corrected chi connectivity index (χ0v) is 15.3. The molecule has 2 aliphatic rings. The largest absolute Gasteiger partial charge is 0.346 e. The Kier molecular flexibility index (Phi) is 4.71. The van der Waals surface area contributed by atoms with Gasteiger partial charge in [0.2, 0.25) is 5.91 Å². The predicted molar refractivity (Wildman–Crippen MR) is 100 cm³/mol. The average molecular weight is 358 g/mol. The Bertz CT molecular complexity index is 817. The van der Waals surface area contributed by atoms with E-state index in [1.165, 1.54) is 11.8 Å². The molecule has 0 aliphatic carbocycles. The van der Waals surface area contributed by atoms with Crippen molar-refractivity contribution in [3.8, 4) is 0 Å². The number of carbonyl (C=O) groups excluding carboxylic acids is 1.